The topological polar surface area (TPSA) is 67.1 Å². The minimum atomic E-state index is -0.136. The van der Waals surface area contributed by atoms with Gasteiger partial charge in [-0.3, -0.25) is 9.59 Å². The molecule has 1 heterocycles. The second-order valence-electron chi connectivity index (χ2n) is 7.19. The molecule has 1 aliphatic heterocycles. The van der Waals surface area contributed by atoms with Crippen LogP contribution in [0.25, 0.3) is 6.08 Å². The summed E-state index contributed by atoms with van der Waals surface area (Å²) in [6.45, 7) is 9.44. The predicted octanol–water partition coefficient (Wildman–Crippen LogP) is -1.88. The Hall–Kier alpha value is -2.18. The molecule has 0 spiro atoms. The normalized spacial score (nSPS) is 20.3. The molecule has 0 unspecified atom stereocenters. The lowest BCUT2D eigenvalue weighted by molar-refractivity contribution is -1.01. The third-order valence-electron chi connectivity index (χ3n) is 4.49. The van der Waals surface area contributed by atoms with Crippen LogP contribution in [0.5, 0.6) is 0 Å². The zero-order valence-electron chi connectivity index (χ0n) is 15.9. The lowest BCUT2D eigenvalue weighted by Crippen LogP contribution is -3.28. The van der Waals surface area contributed by atoms with Gasteiger partial charge in [0.1, 0.15) is 26.2 Å². The number of quaternary nitrogens is 2. The molecule has 0 radical (unpaired) electrons. The second kappa shape index (κ2) is 10.7. The number of carbonyl (C=O) groups is 2. The van der Waals surface area contributed by atoms with Crippen molar-refractivity contribution in [1.82, 2.24) is 10.6 Å². The summed E-state index contributed by atoms with van der Waals surface area (Å²) in [7, 11) is 0. The van der Waals surface area contributed by atoms with Crippen LogP contribution < -0.4 is 20.4 Å². The highest BCUT2D eigenvalue weighted by Gasteiger charge is 2.24. The van der Waals surface area contributed by atoms with Crippen LogP contribution in [0.1, 0.15) is 19.4 Å². The Labute approximate surface area is 156 Å². The molecule has 26 heavy (non-hydrogen) atoms. The first-order valence-corrected chi connectivity index (χ1v) is 9.47. The van der Waals surface area contributed by atoms with E-state index in [-0.39, 0.29) is 24.4 Å². The first-order valence-electron chi connectivity index (χ1n) is 9.47. The largest absolute Gasteiger partial charge is 0.352 e. The maximum atomic E-state index is 12.0. The van der Waals surface area contributed by atoms with E-state index in [0.29, 0.717) is 6.54 Å². The van der Waals surface area contributed by atoms with Crippen molar-refractivity contribution >= 4 is 17.9 Å². The van der Waals surface area contributed by atoms with Crippen molar-refractivity contribution in [3.05, 3.63) is 42.0 Å². The fraction of sp³-hybridized carbons (Fsp3) is 0.500. The van der Waals surface area contributed by atoms with Gasteiger partial charge in [0, 0.05) is 6.04 Å². The fourth-order valence-corrected chi connectivity index (χ4v) is 3.11. The van der Waals surface area contributed by atoms with Gasteiger partial charge in [-0.15, -0.1) is 0 Å². The van der Waals surface area contributed by atoms with E-state index in [1.54, 1.807) is 4.90 Å². The molecule has 0 aliphatic carbocycles. The smallest absolute Gasteiger partial charge is 0.275 e. The minimum absolute atomic E-state index is 0.0497. The zero-order chi connectivity index (χ0) is 18.8. The van der Waals surface area contributed by atoms with Crippen molar-refractivity contribution in [1.29, 1.82) is 0 Å². The van der Waals surface area contributed by atoms with Gasteiger partial charge >= 0.3 is 0 Å². The van der Waals surface area contributed by atoms with Crippen molar-refractivity contribution in [2.24, 2.45) is 0 Å². The highest BCUT2D eigenvalue weighted by atomic mass is 16.2. The molecule has 4 N–H and O–H groups in total. The third kappa shape index (κ3) is 7.80. The van der Waals surface area contributed by atoms with E-state index < -0.39 is 0 Å². The maximum Gasteiger partial charge on any atom is 0.275 e. The Bertz CT molecular complexity index is 593. The monoisotopic (exact) mass is 360 g/mol. The second-order valence-corrected chi connectivity index (χ2v) is 7.19. The summed E-state index contributed by atoms with van der Waals surface area (Å²) >= 11 is 0. The third-order valence-corrected chi connectivity index (χ3v) is 4.49. The van der Waals surface area contributed by atoms with Gasteiger partial charge in [-0.05, 0) is 25.5 Å². The van der Waals surface area contributed by atoms with Gasteiger partial charge in [0.05, 0.1) is 13.1 Å². The number of rotatable bonds is 8. The van der Waals surface area contributed by atoms with Gasteiger partial charge in [0.25, 0.3) is 5.91 Å². The summed E-state index contributed by atoms with van der Waals surface area (Å²) in [6, 6.07) is 10.4. The van der Waals surface area contributed by atoms with E-state index in [9.17, 15) is 9.59 Å². The van der Waals surface area contributed by atoms with Gasteiger partial charge in [0.15, 0.2) is 6.54 Å². The van der Waals surface area contributed by atoms with Gasteiger partial charge in [-0.1, -0.05) is 36.4 Å². The molecule has 6 heteroatoms. The SMILES string of the molecule is CC(C)NC(=O)CNC(=O)C[NH+]1CC[NH+](C/C=C/c2ccccc2)CC1. The number of benzene rings is 1. The van der Waals surface area contributed by atoms with Crippen LogP contribution in [-0.2, 0) is 9.59 Å². The number of carbonyl (C=O) groups excluding carboxylic acids is 2. The molecule has 1 aliphatic rings. The quantitative estimate of drug-likeness (QED) is 0.439. The van der Waals surface area contributed by atoms with Crippen molar-refractivity contribution in [2.75, 3.05) is 45.8 Å². The van der Waals surface area contributed by atoms with Crippen LogP contribution in [0.2, 0.25) is 0 Å². The minimum Gasteiger partial charge on any atom is -0.352 e. The van der Waals surface area contributed by atoms with Crippen LogP contribution in [-0.4, -0.2) is 63.7 Å². The van der Waals surface area contributed by atoms with Gasteiger partial charge in [-0.25, -0.2) is 0 Å². The molecule has 6 nitrogen and oxygen atoms in total. The zero-order valence-corrected chi connectivity index (χ0v) is 15.9. The number of piperazine rings is 1. The van der Waals surface area contributed by atoms with Gasteiger partial charge in [0.2, 0.25) is 5.91 Å². The van der Waals surface area contributed by atoms with Crippen LogP contribution >= 0.6 is 0 Å². The summed E-state index contributed by atoms with van der Waals surface area (Å²) in [4.78, 5) is 26.4. The number of hydrogen-bond donors (Lipinski definition) is 4. The van der Waals surface area contributed by atoms with E-state index in [4.69, 9.17) is 0 Å². The number of hydrogen-bond acceptors (Lipinski definition) is 2. The molecule has 0 atom stereocenters. The number of amides is 2. The van der Waals surface area contributed by atoms with E-state index in [1.807, 2.05) is 32.0 Å². The number of nitrogens with one attached hydrogen (secondary N) is 4. The first-order chi connectivity index (χ1) is 12.5. The Kier molecular flexibility index (Phi) is 8.31. The van der Waals surface area contributed by atoms with Crippen LogP contribution in [0.3, 0.4) is 0 Å². The molecule has 1 aromatic carbocycles. The molecule has 2 rings (SSSR count). The van der Waals surface area contributed by atoms with Crippen LogP contribution in [0, 0.1) is 0 Å². The molecule has 142 valence electrons. The summed E-state index contributed by atoms with van der Waals surface area (Å²) in [5, 5.41) is 5.48. The molecule has 2 amide bonds. The molecular formula is C20H32N4O2+2. The highest BCUT2D eigenvalue weighted by Crippen LogP contribution is 1.99. The van der Waals surface area contributed by atoms with Crippen LogP contribution in [0.15, 0.2) is 36.4 Å². The standard InChI is InChI=1S/C20H30N4O2/c1-17(2)22-19(25)15-21-20(26)16-24-13-11-23(12-14-24)10-6-9-18-7-4-3-5-8-18/h3-9,17H,10-16H2,1-2H3,(H,21,26)(H,22,25)/p+2/b9-6+. The molecule has 0 bridgehead atoms. The van der Waals surface area contributed by atoms with Gasteiger partial charge in [-0.2, -0.15) is 0 Å². The molecule has 1 fully saturated rings. The Morgan fingerprint density at radius 1 is 1.04 bits per heavy atom. The van der Waals surface area contributed by atoms with E-state index in [2.05, 4.69) is 34.9 Å². The Morgan fingerprint density at radius 3 is 2.35 bits per heavy atom. The maximum absolute atomic E-state index is 12.0. The Morgan fingerprint density at radius 2 is 1.69 bits per heavy atom. The van der Waals surface area contributed by atoms with Crippen molar-refractivity contribution in [2.45, 2.75) is 19.9 Å². The molecule has 0 saturated carbocycles. The summed E-state index contributed by atoms with van der Waals surface area (Å²) in [5.74, 6) is -0.186. The van der Waals surface area contributed by atoms with E-state index in [0.717, 1.165) is 32.7 Å². The van der Waals surface area contributed by atoms with E-state index in [1.165, 1.54) is 10.5 Å². The van der Waals surface area contributed by atoms with Crippen molar-refractivity contribution < 1.29 is 19.4 Å². The van der Waals surface area contributed by atoms with Crippen molar-refractivity contribution in [3.8, 4) is 0 Å². The molecule has 1 saturated heterocycles. The fourth-order valence-electron chi connectivity index (χ4n) is 3.11. The average molecular weight is 361 g/mol. The molecular weight excluding hydrogens is 328 g/mol. The first kappa shape index (κ1) is 20.1. The summed E-state index contributed by atoms with van der Waals surface area (Å²) in [6.07, 6.45) is 4.40. The summed E-state index contributed by atoms with van der Waals surface area (Å²) < 4.78 is 0. The lowest BCUT2D eigenvalue weighted by atomic mass is 10.2. The van der Waals surface area contributed by atoms with Gasteiger partial charge < -0.3 is 20.4 Å². The lowest BCUT2D eigenvalue weighted by Gasteiger charge is -2.28. The highest BCUT2D eigenvalue weighted by molar-refractivity contribution is 5.85. The summed E-state index contributed by atoms with van der Waals surface area (Å²) in [5.41, 5.74) is 1.23. The molecule has 1 aromatic rings. The Balaban J connectivity index is 1.61. The predicted molar refractivity (Wildman–Crippen MR) is 103 cm³/mol. The molecule has 0 aromatic heterocycles. The average Bonchev–Trinajstić information content (AvgIpc) is 2.62. The van der Waals surface area contributed by atoms with Crippen molar-refractivity contribution in [3.63, 3.8) is 0 Å². The van der Waals surface area contributed by atoms with Crippen LogP contribution in [0.4, 0.5) is 0 Å². The van der Waals surface area contributed by atoms with E-state index >= 15 is 0 Å².